The SMILES string of the molecule is CP(C)(=O)c1ccc(C2CC2CO)cc1. The van der Waals surface area contributed by atoms with Gasteiger partial charge in [0.2, 0.25) is 0 Å². The van der Waals surface area contributed by atoms with Crippen molar-refractivity contribution in [3.8, 4) is 0 Å². The number of hydrogen-bond donors (Lipinski definition) is 1. The van der Waals surface area contributed by atoms with E-state index in [9.17, 15) is 4.57 Å². The Morgan fingerprint density at radius 1 is 1.33 bits per heavy atom. The number of hydrogen-bond acceptors (Lipinski definition) is 2. The number of aliphatic hydroxyl groups is 1. The molecule has 82 valence electrons. The van der Waals surface area contributed by atoms with Gasteiger partial charge in [-0.15, -0.1) is 0 Å². The summed E-state index contributed by atoms with van der Waals surface area (Å²) in [6.45, 7) is 3.86. The maximum Gasteiger partial charge on any atom is 0.109 e. The Morgan fingerprint density at radius 2 is 1.93 bits per heavy atom. The lowest BCUT2D eigenvalue weighted by Gasteiger charge is -2.07. The van der Waals surface area contributed by atoms with Crippen molar-refractivity contribution in [1.29, 1.82) is 0 Å². The molecule has 0 radical (unpaired) electrons. The second-order valence-corrected chi connectivity index (χ2v) is 7.95. The maximum atomic E-state index is 11.8. The van der Waals surface area contributed by atoms with Crippen molar-refractivity contribution in [2.45, 2.75) is 12.3 Å². The lowest BCUT2D eigenvalue weighted by Crippen LogP contribution is -2.02. The highest BCUT2D eigenvalue weighted by molar-refractivity contribution is 7.70. The van der Waals surface area contributed by atoms with Crippen LogP contribution < -0.4 is 5.30 Å². The lowest BCUT2D eigenvalue weighted by molar-refractivity contribution is 0.274. The summed E-state index contributed by atoms with van der Waals surface area (Å²) in [6, 6.07) is 8.02. The summed E-state index contributed by atoms with van der Waals surface area (Å²) in [5.74, 6) is 0.975. The van der Waals surface area contributed by atoms with Crippen LogP contribution in [0.15, 0.2) is 24.3 Å². The molecule has 1 aromatic carbocycles. The van der Waals surface area contributed by atoms with Crippen LogP contribution in [0.2, 0.25) is 0 Å². The van der Waals surface area contributed by atoms with Gasteiger partial charge < -0.3 is 9.67 Å². The molecule has 15 heavy (non-hydrogen) atoms. The predicted molar refractivity (Wildman–Crippen MR) is 63.5 cm³/mol. The van der Waals surface area contributed by atoms with Gasteiger partial charge in [0.05, 0.1) is 0 Å². The van der Waals surface area contributed by atoms with Gasteiger partial charge in [-0.25, -0.2) is 0 Å². The van der Waals surface area contributed by atoms with Crippen molar-refractivity contribution in [1.82, 2.24) is 0 Å². The van der Waals surface area contributed by atoms with Crippen molar-refractivity contribution in [3.05, 3.63) is 29.8 Å². The summed E-state index contributed by atoms with van der Waals surface area (Å²) in [6.07, 6.45) is 1.09. The topological polar surface area (TPSA) is 37.3 Å². The van der Waals surface area contributed by atoms with Crippen LogP contribution in [0, 0.1) is 5.92 Å². The van der Waals surface area contributed by atoms with Crippen LogP contribution in [-0.4, -0.2) is 25.0 Å². The Morgan fingerprint density at radius 3 is 2.33 bits per heavy atom. The summed E-state index contributed by atoms with van der Waals surface area (Å²) in [4.78, 5) is 0. The molecule has 1 aliphatic carbocycles. The molecule has 0 saturated heterocycles. The van der Waals surface area contributed by atoms with Crippen molar-refractivity contribution >= 4 is 12.4 Å². The molecule has 1 aromatic rings. The maximum absolute atomic E-state index is 11.8. The van der Waals surface area contributed by atoms with Crippen molar-refractivity contribution in [2.75, 3.05) is 19.9 Å². The molecule has 0 aromatic heterocycles. The van der Waals surface area contributed by atoms with E-state index in [4.69, 9.17) is 5.11 Å². The molecule has 1 aliphatic rings. The fraction of sp³-hybridized carbons (Fsp3) is 0.500. The van der Waals surface area contributed by atoms with Crippen LogP contribution in [0.1, 0.15) is 17.9 Å². The minimum Gasteiger partial charge on any atom is -0.396 e. The summed E-state index contributed by atoms with van der Waals surface area (Å²) < 4.78 is 11.8. The highest BCUT2D eigenvalue weighted by atomic mass is 31.2. The smallest absolute Gasteiger partial charge is 0.109 e. The molecule has 2 atom stereocenters. The quantitative estimate of drug-likeness (QED) is 0.798. The number of rotatable bonds is 3. The minimum atomic E-state index is -2.12. The molecular formula is C12H17O2P. The monoisotopic (exact) mass is 224 g/mol. The molecule has 1 fully saturated rings. The summed E-state index contributed by atoms with van der Waals surface area (Å²) in [7, 11) is -2.12. The Bertz CT molecular complexity index is 391. The van der Waals surface area contributed by atoms with E-state index in [2.05, 4.69) is 12.1 Å². The van der Waals surface area contributed by atoms with Crippen LogP contribution in [0.25, 0.3) is 0 Å². The Labute approximate surface area is 90.7 Å². The zero-order valence-electron chi connectivity index (χ0n) is 9.18. The first-order valence-electron chi connectivity index (χ1n) is 5.28. The van der Waals surface area contributed by atoms with Crippen LogP contribution in [-0.2, 0) is 4.57 Å². The van der Waals surface area contributed by atoms with Gasteiger partial charge in [-0.3, -0.25) is 0 Å². The van der Waals surface area contributed by atoms with Crippen molar-refractivity contribution in [3.63, 3.8) is 0 Å². The molecule has 1 saturated carbocycles. The van der Waals surface area contributed by atoms with Gasteiger partial charge in [0.1, 0.15) is 7.14 Å². The third-order valence-corrected chi connectivity index (χ3v) is 4.64. The molecule has 1 N–H and O–H groups in total. The van der Waals surface area contributed by atoms with Crippen LogP contribution in [0.3, 0.4) is 0 Å². The highest BCUT2D eigenvalue weighted by Crippen LogP contribution is 2.47. The second kappa shape index (κ2) is 3.77. The van der Waals surface area contributed by atoms with E-state index in [-0.39, 0.29) is 6.61 Å². The fourth-order valence-corrected chi connectivity index (χ4v) is 2.81. The van der Waals surface area contributed by atoms with Gasteiger partial charge in [0.25, 0.3) is 0 Å². The lowest BCUT2D eigenvalue weighted by atomic mass is 10.1. The van der Waals surface area contributed by atoms with E-state index in [0.29, 0.717) is 11.8 Å². The third-order valence-electron chi connectivity index (χ3n) is 3.10. The van der Waals surface area contributed by atoms with E-state index in [1.54, 1.807) is 13.3 Å². The average molecular weight is 224 g/mol. The van der Waals surface area contributed by atoms with Crippen molar-refractivity contribution in [2.24, 2.45) is 5.92 Å². The minimum absolute atomic E-state index is 0.284. The first-order valence-corrected chi connectivity index (χ1v) is 7.89. The van der Waals surface area contributed by atoms with Gasteiger partial charge in [0, 0.05) is 11.9 Å². The first-order chi connectivity index (χ1) is 7.02. The molecule has 2 nitrogen and oxygen atoms in total. The van der Waals surface area contributed by atoms with Gasteiger partial charge >= 0.3 is 0 Å². The Balaban J connectivity index is 2.15. The zero-order chi connectivity index (χ0) is 11.1. The molecule has 2 unspecified atom stereocenters. The van der Waals surface area contributed by atoms with Crippen molar-refractivity contribution < 1.29 is 9.67 Å². The van der Waals surface area contributed by atoms with Gasteiger partial charge in [-0.2, -0.15) is 0 Å². The largest absolute Gasteiger partial charge is 0.396 e. The first kappa shape index (κ1) is 10.9. The summed E-state index contributed by atoms with van der Waals surface area (Å²) in [5.41, 5.74) is 1.27. The molecule has 0 spiro atoms. The molecule has 2 rings (SSSR count). The Kier molecular flexibility index (Phi) is 2.74. The molecule has 0 bridgehead atoms. The fourth-order valence-electron chi connectivity index (χ4n) is 1.94. The number of benzene rings is 1. The highest BCUT2D eigenvalue weighted by Gasteiger charge is 2.37. The van der Waals surface area contributed by atoms with Crippen LogP contribution in [0.4, 0.5) is 0 Å². The molecule has 0 aliphatic heterocycles. The normalized spacial score (nSPS) is 25.3. The average Bonchev–Trinajstić information content (AvgIpc) is 2.95. The van der Waals surface area contributed by atoms with Crippen LogP contribution in [0.5, 0.6) is 0 Å². The van der Waals surface area contributed by atoms with E-state index >= 15 is 0 Å². The number of aliphatic hydroxyl groups excluding tert-OH is 1. The predicted octanol–water partition coefficient (Wildman–Crippen LogP) is 2.03. The van der Waals surface area contributed by atoms with E-state index in [0.717, 1.165) is 11.7 Å². The Hall–Kier alpha value is -0.590. The third kappa shape index (κ3) is 2.32. The second-order valence-electron chi connectivity index (χ2n) is 4.73. The molecule has 0 heterocycles. The van der Waals surface area contributed by atoms with Crippen LogP contribution >= 0.6 is 7.14 Å². The van der Waals surface area contributed by atoms with Gasteiger partial charge in [-0.1, -0.05) is 24.3 Å². The summed E-state index contributed by atoms with van der Waals surface area (Å²) >= 11 is 0. The summed E-state index contributed by atoms with van der Waals surface area (Å²) in [5, 5.41) is 9.91. The molecular weight excluding hydrogens is 207 g/mol. The zero-order valence-corrected chi connectivity index (χ0v) is 10.1. The van der Waals surface area contributed by atoms with Gasteiger partial charge in [0.15, 0.2) is 0 Å². The standard InChI is InChI=1S/C12H17O2P/c1-15(2,14)11-5-3-9(4-6-11)12-7-10(12)8-13/h3-6,10,12-13H,7-8H2,1-2H3. The van der Waals surface area contributed by atoms with E-state index < -0.39 is 7.14 Å². The van der Waals surface area contributed by atoms with E-state index in [1.165, 1.54) is 5.56 Å². The molecule has 0 amide bonds. The van der Waals surface area contributed by atoms with E-state index in [1.807, 2.05) is 12.1 Å². The van der Waals surface area contributed by atoms with Gasteiger partial charge in [-0.05, 0) is 37.1 Å². The molecule has 3 heteroatoms.